The zero-order valence-electron chi connectivity index (χ0n) is 9.59. The van der Waals surface area contributed by atoms with Crippen molar-refractivity contribution in [2.45, 2.75) is 13.0 Å². The Morgan fingerprint density at radius 1 is 1.18 bits per heavy atom. The smallest absolute Gasteiger partial charge is 0.0465 e. The van der Waals surface area contributed by atoms with Gasteiger partial charge in [-0.2, -0.15) is 11.8 Å². The van der Waals surface area contributed by atoms with Gasteiger partial charge < -0.3 is 10.4 Å². The van der Waals surface area contributed by atoms with Crippen molar-refractivity contribution in [3.63, 3.8) is 0 Å². The lowest BCUT2D eigenvalue weighted by Gasteiger charge is -2.08. The van der Waals surface area contributed by atoms with Crippen LogP contribution >= 0.6 is 35.0 Å². The molecule has 17 heavy (non-hydrogen) atoms. The molecule has 2 N–H and O–H groups in total. The van der Waals surface area contributed by atoms with E-state index in [2.05, 4.69) is 5.32 Å². The van der Waals surface area contributed by atoms with Crippen LogP contribution in [-0.4, -0.2) is 29.8 Å². The molecule has 0 saturated carbocycles. The largest absolute Gasteiger partial charge is 0.396 e. The Kier molecular flexibility index (Phi) is 8.06. The fraction of sp³-hybridized carbons (Fsp3) is 0.500. The first-order valence-corrected chi connectivity index (χ1v) is 7.49. The van der Waals surface area contributed by atoms with Crippen LogP contribution in [0.1, 0.15) is 12.0 Å². The van der Waals surface area contributed by atoms with E-state index < -0.39 is 0 Å². The molecule has 0 fully saturated rings. The van der Waals surface area contributed by atoms with Crippen LogP contribution in [0, 0.1) is 0 Å². The average molecular weight is 294 g/mol. The Labute approximate surface area is 117 Å². The van der Waals surface area contributed by atoms with Gasteiger partial charge in [0.05, 0.1) is 0 Å². The maximum atomic E-state index is 8.62. The molecule has 5 heteroatoms. The van der Waals surface area contributed by atoms with Gasteiger partial charge in [0.1, 0.15) is 0 Å². The molecule has 1 aromatic rings. The molecule has 0 aliphatic carbocycles. The van der Waals surface area contributed by atoms with Gasteiger partial charge in [-0.3, -0.25) is 0 Å². The van der Waals surface area contributed by atoms with Crippen molar-refractivity contribution in [2.24, 2.45) is 0 Å². The number of thioether (sulfide) groups is 1. The normalized spacial score (nSPS) is 10.8. The van der Waals surface area contributed by atoms with E-state index in [0.29, 0.717) is 16.6 Å². The van der Waals surface area contributed by atoms with E-state index in [-0.39, 0.29) is 6.61 Å². The highest BCUT2D eigenvalue weighted by Gasteiger charge is 2.03. The van der Waals surface area contributed by atoms with Gasteiger partial charge >= 0.3 is 0 Å². The molecular weight excluding hydrogens is 277 g/mol. The van der Waals surface area contributed by atoms with E-state index in [1.54, 1.807) is 0 Å². The highest BCUT2D eigenvalue weighted by molar-refractivity contribution is 7.99. The van der Waals surface area contributed by atoms with Crippen LogP contribution in [-0.2, 0) is 6.54 Å². The third-order valence-electron chi connectivity index (χ3n) is 2.23. The van der Waals surface area contributed by atoms with Crippen molar-refractivity contribution in [1.82, 2.24) is 5.32 Å². The van der Waals surface area contributed by atoms with Crippen LogP contribution in [0.15, 0.2) is 18.2 Å². The lowest BCUT2D eigenvalue weighted by Crippen LogP contribution is -2.17. The van der Waals surface area contributed by atoms with Crippen molar-refractivity contribution < 1.29 is 5.11 Å². The van der Waals surface area contributed by atoms with E-state index in [1.165, 1.54) is 0 Å². The summed E-state index contributed by atoms with van der Waals surface area (Å²) < 4.78 is 0. The van der Waals surface area contributed by atoms with Crippen LogP contribution in [0.4, 0.5) is 0 Å². The van der Waals surface area contributed by atoms with Crippen molar-refractivity contribution in [1.29, 1.82) is 0 Å². The molecule has 0 aromatic heterocycles. The maximum Gasteiger partial charge on any atom is 0.0465 e. The molecule has 1 aromatic carbocycles. The second-order valence-corrected chi connectivity index (χ2v) is 5.61. The molecule has 0 bridgehead atoms. The minimum atomic E-state index is 0.273. The van der Waals surface area contributed by atoms with Gasteiger partial charge in [-0.15, -0.1) is 0 Å². The van der Waals surface area contributed by atoms with Gasteiger partial charge in [0.25, 0.3) is 0 Å². The number of aliphatic hydroxyl groups excluding tert-OH is 1. The van der Waals surface area contributed by atoms with E-state index in [4.69, 9.17) is 28.3 Å². The van der Waals surface area contributed by atoms with Crippen LogP contribution in [0.3, 0.4) is 0 Å². The van der Waals surface area contributed by atoms with Gasteiger partial charge in [0, 0.05) is 41.1 Å². The Balaban J connectivity index is 2.18. The summed E-state index contributed by atoms with van der Waals surface area (Å²) in [4.78, 5) is 0. The fourth-order valence-electron chi connectivity index (χ4n) is 1.33. The second kappa shape index (κ2) is 9.06. The molecule has 0 aliphatic heterocycles. The quantitative estimate of drug-likeness (QED) is 0.722. The Bertz CT molecular complexity index is 316. The monoisotopic (exact) mass is 293 g/mol. The molecule has 0 heterocycles. The summed E-state index contributed by atoms with van der Waals surface area (Å²) in [5.41, 5.74) is 0.955. The molecule has 0 aliphatic rings. The predicted octanol–water partition coefficient (Wildman–Crippen LogP) is 3.20. The molecule has 0 unspecified atom stereocenters. The minimum Gasteiger partial charge on any atom is -0.396 e. The number of hydrogen-bond donors (Lipinski definition) is 2. The molecule has 0 spiro atoms. The number of rotatable bonds is 8. The number of aliphatic hydroxyl groups is 1. The van der Waals surface area contributed by atoms with Crippen LogP contribution in [0.2, 0.25) is 10.0 Å². The molecular formula is C12H17Cl2NOS. The summed E-state index contributed by atoms with van der Waals surface area (Å²) in [6.07, 6.45) is 0.862. The average Bonchev–Trinajstić information content (AvgIpc) is 2.31. The molecule has 0 atom stereocenters. The Morgan fingerprint density at radius 3 is 2.53 bits per heavy atom. The Hall–Kier alpha value is 0.0700. The van der Waals surface area contributed by atoms with Crippen LogP contribution in [0.25, 0.3) is 0 Å². The van der Waals surface area contributed by atoms with Crippen LogP contribution in [0.5, 0.6) is 0 Å². The highest BCUT2D eigenvalue weighted by Crippen LogP contribution is 2.23. The van der Waals surface area contributed by atoms with Gasteiger partial charge in [-0.1, -0.05) is 29.3 Å². The van der Waals surface area contributed by atoms with Crippen molar-refractivity contribution in [3.05, 3.63) is 33.8 Å². The van der Waals surface area contributed by atoms with Gasteiger partial charge in [0.15, 0.2) is 0 Å². The lowest BCUT2D eigenvalue weighted by molar-refractivity contribution is 0.296. The SMILES string of the molecule is OCCCSCCNCc1c(Cl)cccc1Cl. The fourth-order valence-corrected chi connectivity index (χ4v) is 2.68. The first-order chi connectivity index (χ1) is 8.25. The lowest BCUT2D eigenvalue weighted by atomic mass is 10.2. The number of halogens is 2. The zero-order chi connectivity index (χ0) is 12.5. The van der Waals surface area contributed by atoms with Gasteiger partial charge in [-0.25, -0.2) is 0 Å². The molecule has 2 nitrogen and oxygen atoms in total. The van der Waals surface area contributed by atoms with Crippen molar-refractivity contribution in [2.75, 3.05) is 24.7 Å². The summed E-state index contributed by atoms with van der Waals surface area (Å²) in [7, 11) is 0. The third kappa shape index (κ3) is 5.98. The summed E-state index contributed by atoms with van der Waals surface area (Å²) in [5, 5.41) is 13.3. The van der Waals surface area contributed by atoms with Crippen LogP contribution < -0.4 is 5.32 Å². The second-order valence-electron chi connectivity index (χ2n) is 3.57. The molecule has 0 amide bonds. The molecule has 1 rings (SSSR count). The van der Waals surface area contributed by atoms with Gasteiger partial charge in [0.2, 0.25) is 0 Å². The summed E-state index contributed by atoms with van der Waals surface area (Å²) >= 11 is 13.9. The van der Waals surface area contributed by atoms with Crippen molar-refractivity contribution >= 4 is 35.0 Å². The number of hydrogen-bond acceptors (Lipinski definition) is 3. The van der Waals surface area contributed by atoms with E-state index in [0.717, 1.165) is 30.0 Å². The molecule has 96 valence electrons. The minimum absolute atomic E-state index is 0.273. The van der Waals surface area contributed by atoms with Crippen molar-refractivity contribution in [3.8, 4) is 0 Å². The number of benzene rings is 1. The standard InChI is InChI=1S/C12H17Cl2NOS/c13-11-3-1-4-12(14)10(11)9-15-5-8-17-7-2-6-16/h1,3-4,15-16H,2,5-9H2. The summed E-state index contributed by atoms with van der Waals surface area (Å²) in [6, 6.07) is 5.54. The zero-order valence-corrected chi connectivity index (χ0v) is 11.9. The maximum absolute atomic E-state index is 8.62. The molecule has 0 radical (unpaired) electrons. The first kappa shape index (κ1) is 15.1. The van der Waals surface area contributed by atoms with E-state index in [9.17, 15) is 0 Å². The van der Waals surface area contributed by atoms with Gasteiger partial charge in [-0.05, 0) is 24.3 Å². The predicted molar refractivity (Wildman–Crippen MR) is 77.2 cm³/mol. The third-order valence-corrected chi connectivity index (χ3v) is 4.01. The van der Waals surface area contributed by atoms with E-state index in [1.807, 2.05) is 30.0 Å². The van der Waals surface area contributed by atoms with E-state index >= 15 is 0 Å². The first-order valence-electron chi connectivity index (χ1n) is 5.58. The number of nitrogens with one attached hydrogen (secondary N) is 1. The Morgan fingerprint density at radius 2 is 1.88 bits per heavy atom. The summed E-state index contributed by atoms with van der Waals surface area (Å²) in [5.74, 6) is 2.03. The molecule has 0 saturated heterocycles. The topological polar surface area (TPSA) is 32.3 Å². The highest BCUT2D eigenvalue weighted by atomic mass is 35.5. The summed E-state index contributed by atoms with van der Waals surface area (Å²) in [6.45, 7) is 1.88.